The van der Waals surface area contributed by atoms with Crippen molar-refractivity contribution in [2.75, 3.05) is 13.7 Å². The number of benzene rings is 1. The van der Waals surface area contributed by atoms with Gasteiger partial charge in [0.05, 0.1) is 13.2 Å². The van der Waals surface area contributed by atoms with E-state index >= 15 is 0 Å². The molecule has 86 valence electrons. The van der Waals surface area contributed by atoms with Crippen molar-refractivity contribution in [2.24, 2.45) is 5.92 Å². The van der Waals surface area contributed by atoms with Gasteiger partial charge in [0.15, 0.2) is 0 Å². The third-order valence-corrected chi connectivity index (χ3v) is 3.25. The number of hydrogen-bond donors (Lipinski definition) is 0. The predicted molar refractivity (Wildman–Crippen MR) is 62.1 cm³/mol. The van der Waals surface area contributed by atoms with Gasteiger partial charge in [-0.15, -0.1) is 0 Å². The fourth-order valence-electron chi connectivity index (χ4n) is 2.43. The highest BCUT2D eigenvalue weighted by molar-refractivity contribution is 5.68. The van der Waals surface area contributed by atoms with Crippen LogP contribution in [0.15, 0.2) is 30.3 Å². The molecule has 1 aromatic carbocycles. The standard InChI is InChI=1S/C13H17NO2/c1-10-8-9-14(13(15)16-2)12(10)11-6-4-3-5-7-11/h3-7,10,12H,8-9H2,1-2H3. The number of amides is 1. The minimum atomic E-state index is -0.224. The summed E-state index contributed by atoms with van der Waals surface area (Å²) in [5.41, 5.74) is 1.19. The summed E-state index contributed by atoms with van der Waals surface area (Å²) in [5.74, 6) is 0.488. The number of nitrogens with zero attached hydrogens (tertiary/aromatic N) is 1. The fraction of sp³-hybridized carbons (Fsp3) is 0.462. The molecule has 2 atom stereocenters. The molecule has 1 amide bonds. The maximum absolute atomic E-state index is 11.6. The molecule has 0 saturated carbocycles. The first-order valence-corrected chi connectivity index (χ1v) is 5.63. The number of methoxy groups -OCH3 is 1. The molecule has 3 heteroatoms. The fourth-order valence-corrected chi connectivity index (χ4v) is 2.43. The lowest BCUT2D eigenvalue weighted by Crippen LogP contribution is -2.31. The van der Waals surface area contributed by atoms with E-state index in [0.29, 0.717) is 5.92 Å². The average Bonchev–Trinajstić information content (AvgIpc) is 2.71. The molecule has 2 rings (SSSR count). The van der Waals surface area contributed by atoms with Gasteiger partial charge in [0.25, 0.3) is 0 Å². The van der Waals surface area contributed by atoms with E-state index < -0.39 is 0 Å². The molecule has 2 unspecified atom stereocenters. The van der Waals surface area contributed by atoms with Crippen LogP contribution in [-0.2, 0) is 4.74 Å². The van der Waals surface area contributed by atoms with Crippen molar-refractivity contribution in [1.29, 1.82) is 0 Å². The van der Waals surface area contributed by atoms with Crippen LogP contribution >= 0.6 is 0 Å². The van der Waals surface area contributed by atoms with Crippen LogP contribution in [-0.4, -0.2) is 24.6 Å². The zero-order chi connectivity index (χ0) is 11.5. The Hall–Kier alpha value is -1.51. The maximum atomic E-state index is 11.6. The van der Waals surface area contributed by atoms with Gasteiger partial charge in [-0.2, -0.15) is 0 Å². The molecular formula is C13H17NO2. The highest BCUT2D eigenvalue weighted by Gasteiger charge is 2.35. The topological polar surface area (TPSA) is 29.5 Å². The van der Waals surface area contributed by atoms with Gasteiger partial charge in [0.1, 0.15) is 0 Å². The molecule has 3 nitrogen and oxygen atoms in total. The smallest absolute Gasteiger partial charge is 0.410 e. The molecule has 0 bridgehead atoms. The second-order valence-corrected chi connectivity index (χ2v) is 4.28. The molecule has 0 spiro atoms. The van der Waals surface area contributed by atoms with Gasteiger partial charge in [-0.3, -0.25) is 0 Å². The highest BCUT2D eigenvalue weighted by atomic mass is 16.5. The zero-order valence-electron chi connectivity index (χ0n) is 9.72. The van der Waals surface area contributed by atoms with E-state index in [1.165, 1.54) is 12.7 Å². The maximum Gasteiger partial charge on any atom is 0.410 e. The van der Waals surface area contributed by atoms with Gasteiger partial charge in [-0.05, 0) is 17.9 Å². The Balaban J connectivity index is 2.26. The second kappa shape index (κ2) is 4.56. The van der Waals surface area contributed by atoms with E-state index in [1.807, 2.05) is 23.1 Å². The largest absolute Gasteiger partial charge is 0.453 e. The predicted octanol–water partition coefficient (Wildman–Crippen LogP) is 2.84. The third-order valence-electron chi connectivity index (χ3n) is 3.25. The first-order valence-electron chi connectivity index (χ1n) is 5.63. The summed E-state index contributed by atoms with van der Waals surface area (Å²) < 4.78 is 4.82. The minimum absolute atomic E-state index is 0.161. The van der Waals surface area contributed by atoms with Crippen molar-refractivity contribution >= 4 is 6.09 Å². The summed E-state index contributed by atoms with van der Waals surface area (Å²) in [4.78, 5) is 13.5. The molecule has 0 N–H and O–H groups in total. The van der Waals surface area contributed by atoms with E-state index in [9.17, 15) is 4.79 Å². The molecule has 1 aromatic rings. The summed E-state index contributed by atoms with van der Waals surface area (Å²) >= 11 is 0. The van der Waals surface area contributed by atoms with E-state index in [2.05, 4.69) is 19.1 Å². The lowest BCUT2D eigenvalue weighted by atomic mass is 9.96. The van der Waals surface area contributed by atoms with E-state index in [-0.39, 0.29) is 12.1 Å². The van der Waals surface area contributed by atoms with Crippen LogP contribution in [0.5, 0.6) is 0 Å². The SMILES string of the molecule is COC(=O)N1CCC(C)C1c1ccccc1. The zero-order valence-corrected chi connectivity index (χ0v) is 9.72. The molecule has 1 fully saturated rings. The van der Waals surface area contributed by atoms with Crippen molar-refractivity contribution < 1.29 is 9.53 Å². The molecule has 1 aliphatic rings. The Morgan fingerprint density at radius 1 is 1.38 bits per heavy atom. The summed E-state index contributed by atoms with van der Waals surface area (Å²) in [6.45, 7) is 2.97. The number of rotatable bonds is 1. The lowest BCUT2D eigenvalue weighted by molar-refractivity contribution is 0.115. The Labute approximate surface area is 96.0 Å². The van der Waals surface area contributed by atoms with Gasteiger partial charge < -0.3 is 9.64 Å². The summed E-state index contributed by atoms with van der Waals surface area (Å²) in [5, 5.41) is 0. The molecule has 1 aliphatic heterocycles. The van der Waals surface area contributed by atoms with Crippen LogP contribution < -0.4 is 0 Å². The number of hydrogen-bond acceptors (Lipinski definition) is 2. The third kappa shape index (κ3) is 1.90. The number of carbonyl (C=O) groups is 1. The normalized spacial score (nSPS) is 24.5. The van der Waals surface area contributed by atoms with Gasteiger partial charge >= 0.3 is 6.09 Å². The second-order valence-electron chi connectivity index (χ2n) is 4.28. The first kappa shape index (κ1) is 11.0. The Bertz CT molecular complexity index is 363. The van der Waals surface area contributed by atoms with E-state index in [4.69, 9.17) is 4.74 Å². The number of likely N-dealkylation sites (tertiary alicyclic amines) is 1. The van der Waals surface area contributed by atoms with Gasteiger partial charge in [0.2, 0.25) is 0 Å². The number of ether oxygens (including phenoxy) is 1. The number of carbonyl (C=O) groups excluding carboxylic acids is 1. The lowest BCUT2D eigenvalue weighted by Gasteiger charge is -2.26. The Morgan fingerprint density at radius 2 is 2.06 bits per heavy atom. The van der Waals surface area contributed by atoms with Crippen LogP contribution in [0.2, 0.25) is 0 Å². The summed E-state index contributed by atoms with van der Waals surface area (Å²) in [6.07, 6.45) is 0.812. The first-order chi connectivity index (χ1) is 7.74. The van der Waals surface area contributed by atoms with E-state index in [0.717, 1.165) is 13.0 Å². The Kier molecular flexibility index (Phi) is 3.13. The van der Waals surface area contributed by atoms with E-state index in [1.54, 1.807) is 0 Å². The van der Waals surface area contributed by atoms with Crippen molar-refractivity contribution in [2.45, 2.75) is 19.4 Å². The average molecular weight is 219 g/mol. The van der Waals surface area contributed by atoms with Crippen molar-refractivity contribution in [3.63, 3.8) is 0 Å². The van der Waals surface area contributed by atoms with Gasteiger partial charge in [-0.1, -0.05) is 37.3 Å². The van der Waals surface area contributed by atoms with Crippen LogP contribution in [0.3, 0.4) is 0 Å². The molecule has 0 aliphatic carbocycles. The van der Waals surface area contributed by atoms with Gasteiger partial charge in [-0.25, -0.2) is 4.79 Å². The van der Waals surface area contributed by atoms with Crippen LogP contribution in [0.4, 0.5) is 4.79 Å². The summed E-state index contributed by atoms with van der Waals surface area (Å²) in [7, 11) is 1.44. The van der Waals surface area contributed by atoms with Crippen molar-refractivity contribution in [3.05, 3.63) is 35.9 Å². The quantitative estimate of drug-likeness (QED) is 0.727. The molecule has 0 aromatic heterocycles. The Morgan fingerprint density at radius 3 is 2.69 bits per heavy atom. The minimum Gasteiger partial charge on any atom is -0.453 e. The molecule has 16 heavy (non-hydrogen) atoms. The molecule has 1 saturated heterocycles. The molecular weight excluding hydrogens is 202 g/mol. The van der Waals surface area contributed by atoms with Crippen LogP contribution in [0.25, 0.3) is 0 Å². The highest BCUT2D eigenvalue weighted by Crippen LogP contribution is 2.36. The van der Waals surface area contributed by atoms with Crippen LogP contribution in [0.1, 0.15) is 24.9 Å². The van der Waals surface area contributed by atoms with Gasteiger partial charge in [0, 0.05) is 6.54 Å². The molecule has 0 radical (unpaired) electrons. The summed E-state index contributed by atoms with van der Waals surface area (Å²) in [6, 6.07) is 10.3. The van der Waals surface area contributed by atoms with Crippen molar-refractivity contribution in [1.82, 2.24) is 4.90 Å². The monoisotopic (exact) mass is 219 g/mol. The van der Waals surface area contributed by atoms with Crippen LogP contribution in [0, 0.1) is 5.92 Å². The van der Waals surface area contributed by atoms with Crippen molar-refractivity contribution in [3.8, 4) is 0 Å². The molecule has 1 heterocycles.